The zero-order chi connectivity index (χ0) is 24.2. The summed E-state index contributed by atoms with van der Waals surface area (Å²) in [6.45, 7) is 9.97. The van der Waals surface area contributed by atoms with E-state index in [1.165, 1.54) is 4.90 Å². The number of aliphatic hydroxyl groups is 1. The Hall–Kier alpha value is -3.10. The summed E-state index contributed by atoms with van der Waals surface area (Å²) in [5.74, 6) is 0.249. The molecule has 1 aromatic carbocycles. The van der Waals surface area contributed by atoms with Gasteiger partial charge in [0.05, 0.1) is 24.9 Å². The predicted octanol–water partition coefficient (Wildman–Crippen LogP) is 3.52. The second-order valence-corrected chi connectivity index (χ2v) is 8.94. The number of nitrogens with zero attached hydrogens (tertiary/aromatic N) is 2. The van der Waals surface area contributed by atoms with Crippen LogP contribution in [-0.4, -0.2) is 72.1 Å². The van der Waals surface area contributed by atoms with Crippen LogP contribution in [0.5, 0.6) is 5.75 Å². The zero-order valence-electron chi connectivity index (χ0n) is 20.0. The van der Waals surface area contributed by atoms with Crippen molar-refractivity contribution in [3.05, 3.63) is 59.1 Å². The number of carbonyl (C=O) groups excluding carboxylic acids is 2. The van der Waals surface area contributed by atoms with Crippen LogP contribution >= 0.6 is 0 Å². The van der Waals surface area contributed by atoms with E-state index in [1.807, 2.05) is 20.8 Å². The van der Waals surface area contributed by atoms with Crippen LogP contribution in [0.3, 0.4) is 0 Å². The summed E-state index contributed by atoms with van der Waals surface area (Å²) < 4.78 is 16.9. The van der Waals surface area contributed by atoms with E-state index in [2.05, 4.69) is 4.90 Å². The molecule has 2 saturated heterocycles. The number of morpholine rings is 1. The van der Waals surface area contributed by atoms with Crippen molar-refractivity contribution >= 4 is 17.4 Å². The van der Waals surface area contributed by atoms with Crippen LogP contribution in [0.25, 0.3) is 5.76 Å². The van der Waals surface area contributed by atoms with Crippen molar-refractivity contribution < 1.29 is 28.6 Å². The van der Waals surface area contributed by atoms with E-state index in [4.69, 9.17) is 13.9 Å². The molecule has 34 heavy (non-hydrogen) atoms. The Balaban J connectivity index is 1.62. The normalized spacial score (nSPS) is 20.9. The summed E-state index contributed by atoms with van der Waals surface area (Å²) in [5, 5.41) is 11.1. The zero-order valence-corrected chi connectivity index (χ0v) is 20.0. The fraction of sp³-hybridized carbons (Fsp3) is 0.462. The Morgan fingerprint density at radius 1 is 1.09 bits per heavy atom. The fourth-order valence-corrected chi connectivity index (χ4v) is 4.42. The van der Waals surface area contributed by atoms with Gasteiger partial charge in [-0.15, -0.1) is 0 Å². The number of carbonyl (C=O) groups is 2. The molecular weight excluding hydrogens is 436 g/mol. The number of aryl methyl sites for hydroxylation is 1. The third kappa shape index (κ3) is 5.18. The maximum atomic E-state index is 13.1. The Morgan fingerprint density at radius 2 is 1.79 bits per heavy atom. The molecule has 1 N–H and O–H groups in total. The van der Waals surface area contributed by atoms with Crippen LogP contribution in [0.1, 0.15) is 43.4 Å². The van der Waals surface area contributed by atoms with Gasteiger partial charge in [-0.3, -0.25) is 14.5 Å². The van der Waals surface area contributed by atoms with E-state index >= 15 is 0 Å². The number of furan rings is 1. The maximum absolute atomic E-state index is 13.1. The number of ketones is 1. The average molecular weight is 469 g/mol. The standard InChI is InChI=1S/C26H32N2O6/c1-17(2)33-20-8-6-19(7-9-20)24(29)22-23(21-10-5-18(3)34-21)28(26(31)25(22)30)12-4-11-27-13-15-32-16-14-27/h5-10,17,23,29H,4,11-16H2,1-3H3. The molecule has 2 aliphatic heterocycles. The quantitative estimate of drug-likeness (QED) is 0.360. The number of likely N-dealkylation sites (tertiary alicyclic amines) is 1. The molecule has 0 radical (unpaired) electrons. The number of hydrogen-bond donors (Lipinski definition) is 1. The van der Waals surface area contributed by atoms with Crippen molar-refractivity contribution in [2.75, 3.05) is 39.4 Å². The first-order valence-electron chi connectivity index (χ1n) is 11.8. The van der Waals surface area contributed by atoms with Gasteiger partial charge in [0.2, 0.25) is 0 Å². The van der Waals surface area contributed by atoms with Gasteiger partial charge < -0.3 is 23.9 Å². The van der Waals surface area contributed by atoms with Crippen LogP contribution in [0, 0.1) is 6.92 Å². The summed E-state index contributed by atoms with van der Waals surface area (Å²) in [7, 11) is 0. The van der Waals surface area contributed by atoms with E-state index in [1.54, 1.807) is 36.4 Å². The van der Waals surface area contributed by atoms with E-state index < -0.39 is 17.7 Å². The van der Waals surface area contributed by atoms with Gasteiger partial charge in [-0.1, -0.05) is 0 Å². The van der Waals surface area contributed by atoms with Gasteiger partial charge in [0, 0.05) is 31.7 Å². The van der Waals surface area contributed by atoms with Crippen molar-refractivity contribution in [1.82, 2.24) is 9.80 Å². The predicted molar refractivity (Wildman–Crippen MR) is 127 cm³/mol. The van der Waals surface area contributed by atoms with Crippen molar-refractivity contribution in [3.63, 3.8) is 0 Å². The highest BCUT2D eigenvalue weighted by molar-refractivity contribution is 6.46. The summed E-state index contributed by atoms with van der Waals surface area (Å²) in [5.41, 5.74) is 0.485. The minimum atomic E-state index is -0.773. The van der Waals surface area contributed by atoms with Crippen LogP contribution in [0.2, 0.25) is 0 Å². The molecule has 0 bridgehead atoms. The van der Waals surface area contributed by atoms with Crippen LogP contribution in [-0.2, 0) is 14.3 Å². The Labute approximate surface area is 199 Å². The molecule has 8 nitrogen and oxygen atoms in total. The smallest absolute Gasteiger partial charge is 0.295 e. The van der Waals surface area contributed by atoms with Gasteiger partial charge >= 0.3 is 0 Å². The Bertz CT molecular complexity index is 1050. The van der Waals surface area contributed by atoms with Crippen molar-refractivity contribution in [2.24, 2.45) is 0 Å². The van der Waals surface area contributed by atoms with Crippen LogP contribution < -0.4 is 4.74 Å². The molecule has 4 rings (SSSR count). The monoisotopic (exact) mass is 468 g/mol. The summed E-state index contributed by atoms with van der Waals surface area (Å²) >= 11 is 0. The third-order valence-electron chi connectivity index (χ3n) is 6.05. The second kappa shape index (κ2) is 10.4. The molecule has 0 spiro atoms. The number of amides is 1. The first-order valence-corrected chi connectivity index (χ1v) is 11.8. The molecule has 3 heterocycles. The highest BCUT2D eigenvalue weighted by atomic mass is 16.5. The lowest BCUT2D eigenvalue weighted by Gasteiger charge is -2.28. The molecule has 2 fully saturated rings. The van der Waals surface area contributed by atoms with Crippen molar-refractivity contribution in [1.29, 1.82) is 0 Å². The number of aliphatic hydroxyl groups excluding tert-OH is 1. The SMILES string of the molecule is Cc1ccc(C2C(=C(O)c3ccc(OC(C)C)cc3)C(=O)C(=O)N2CCCN2CCOCC2)o1. The number of Topliss-reactive ketones (excluding diaryl/α,β-unsaturated/α-hetero) is 1. The summed E-state index contributed by atoms with van der Waals surface area (Å²) in [6.07, 6.45) is 0.717. The van der Waals surface area contributed by atoms with Gasteiger partial charge in [0.15, 0.2) is 0 Å². The topological polar surface area (TPSA) is 92.5 Å². The van der Waals surface area contributed by atoms with E-state index in [-0.39, 0.29) is 17.4 Å². The molecule has 1 atom stereocenters. The molecule has 1 amide bonds. The molecule has 1 unspecified atom stereocenters. The lowest BCUT2D eigenvalue weighted by molar-refractivity contribution is -0.140. The second-order valence-electron chi connectivity index (χ2n) is 8.94. The largest absolute Gasteiger partial charge is 0.507 e. The number of rotatable bonds is 8. The van der Waals surface area contributed by atoms with Gasteiger partial charge in [-0.2, -0.15) is 0 Å². The Kier molecular flexibility index (Phi) is 7.38. The molecule has 0 aliphatic carbocycles. The van der Waals surface area contributed by atoms with E-state index in [0.717, 1.165) is 19.6 Å². The molecule has 8 heteroatoms. The van der Waals surface area contributed by atoms with Crippen molar-refractivity contribution in [3.8, 4) is 5.75 Å². The van der Waals surface area contributed by atoms with E-state index in [9.17, 15) is 14.7 Å². The van der Waals surface area contributed by atoms with Gasteiger partial charge in [0.1, 0.15) is 29.1 Å². The first kappa shape index (κ1) is 24.0. The minimum absolute atomic E-state index is 0.0180. The third-order valence-corrected chi connectivity index (χ3v) is 6.05. The molecule has 0 saturated carbocycles. The highest BCUT2D eigenvalue weighted by Gasteiger charge is 2.47. The highest BCUT2D eigenvalue weighted by Crippen LogP contribution is 2.40. The number of benzene rings is 1. The molecule has 1 aromatic heterocycles. The maximum Gasteiger partial charge on any atom is 0.295 e. The minimum Gasteiger partial charge on any atom is -0.507 e. The molecule has 2 aromatic rings. The number of hydrogen-bond acceptors (Lipinski definition) is 7. The molecule has 182 valence electrons. The Morgan fingerprint density at radius 3 is 2.41 bits per heavy atom. The lowest BCUT2D eigenvalue weighted by Crippen LogP contribution is -2.38. The molecule has 2 aliphatic rings. The van der Waals surface area contributed by atoms with Crippen LogP contribution in [0.15, 0.2) is 46.4 Å². The molecular formula is C26H32N2O6. The fourth-order valence-electron chi connectivity index (χ4n) is 4.42. The van der Waals surface area contributed by atoms with Crippen LogP contribution in [0.4, 0.5) is 0 Å². The van der Waals surface area contributed by atoms with Crippen molar-refractivity contribution in [2.45, 2.75) is 39.3 Å². The summed E-state index contributed by atoms with van der Waals surface area (Å²) in [6, 6.07) is 9.62. The first-order chi connectivity index (χ1) is 16.3. The lowest BCUT2D eigenvalue weighted by atomic mass is 9.99. The van der Waals surface area contributed by atoms with Gasteiger partial charge in [0.25, 0.3) is 11.7 Å². The summed E-state index contributed by atoms with van der Waals surface area (Å²) in [4.78, 5) is 29.9. The van der Waals surface area contributed by atoms with Gasteiger partial charge in [-0.05, 0) is 63.6 Å². The van der Waals surface area contributed by atoms with E-state index in [0.29, 0.717) is 49.0 Å². The number of ether oxygens (including phenoxy) is 2. The average Bonchev–Trinajstić information content (AvgIpc) is 3.35. The van der Waals surface area contributed by atoms with Gasteiger partial charge in [-0.25, -0.2) is 0 Å².